The molecule has 2 aromatic carbocycles. The molecule has 164 valence electrons. The summed E-state index contributed by atoms with van der Waals surface area (Å²) in [5.41, 5.74) is 1.73. The van der Waals surface area contributed by atoms with Crippen LogP contribution in [0.15, 0.2) is 75.5 Å². The standard InChI is InChI=1S/C24H22ClN3O4/c1-14-18(23(30)32-13-15-7-5-4-6-8-15)19(16-9-11-17(25)12-10-16)20-21(26-14)27(2)24(31)28(3)22(20)29/h4-12,19,26H,13H2,1-3H3. The molecule has 32 heavy (non-hydrogen) atoms. The number of allylic oxidation sites excluding steroid dienone is 1. The van der Waals surface area contributed by atoms with Crippen molar-refractivity contribution in [2.45, 2.75) is 19.4 Å². The van der Waals surface area contributed by atoms with E-state index in [2.05, 4.69) is 5.32 Å². The first-order valence-corrected chi connectivity index (χ1v) is 10.4. The number of hydrogen-bond donors (Lipinski definition) is 1. The van der Waals surface area contributed by atoms with Gasteiger partial charge in [0.15, 0.2) is 0 Å². The van der Waals surface area contributed by atoms with Crippen LogP contribution < -0.4 is 16.6 Å². The van der Waals surface area contributed by atoms with Crippen molar-refractivity contribution in [3.63, 3.8) is 0 Å². The number of hydrogen-bond acceptors (Lipinski definition) is 5. The van der Waals surface area contributed by atoms with Gasteiger partial charge in [0.2, 0.25) is 0 Å². The minimum Gasteiger partial charge on any atom is -0.457 e. The fourth-order valence-electron chi connectivity index (χ4n) is 3.95. The molecular formula is C24H22ClN3O4. The molecule has 4 rings (SSSR count). The second-order valence-corrected chi connectivity index (χ2v) is 8.11. The lowest BCUT2D eigenvalue weighted by molar-refractivity contribution is -0.140. The Morgan fingerprint density at radius 2 is 1.69 bits per heavy atom. The molecule has 8 heteroatoms. The molecule has 0 amide bonds. The van der Waals surface area contributed by atoms with Crippen LogP contribution in [0, 0.1) is 0 Å². The summed E-state index contributed by atoms with van der Waals surface area (Å²) in [5.74, 6) is -0.909. The van der Waals surface area contributed by atoms with E-state index >= 15 is 0 Å². The topological polar surface area (TPSA) is 82.3 Å². The van der Waals surface area contributed by atoms with Crippen LogP contribution in [0.2, 0.25) is 5.02 Å². The van der Waals surface area contributed by atoms with E-state index < -0.39 is 23.1 Å². The number of nitrogens with zero attached hydrogens (tertiary/aromatic N) is 2. The highest BCUT2D eigenvalue weighted by Gasteiger charge is 2.37. The highest BCUT2D eigenvalue weighted by atomic mass is 35.5. The summed E-state index contributed by atoms with van der Waals surface area (Å²) < 4.78 is 8.02. The molecule has 0 aliphatic carbocycles. The predicted octanol–water partition coefficient (Wildman–Crippen LogP) is 3.31. The summed E-state index contributed by atoms with van der Waals surface area (Å²) in [5, 5.41) is 3.61. The van der Waals surface area contributed by atoms with Gasteiger partial charge in [-0.1, -0.05) is 54.1 Å². The smallest absolute Gasteiger partial charge is 0.337 e. The van der Waals surface area contributed by atoms with E-state index in [1.165, 1.54) is 11.6 Å². The van der Waals surface area contributed by atoms with Gasteiger partial charge < -0.3 is 10.1 Å². The molecule has 3 aromatic rings. The lowest BCUT2D eigenvalue weighted by atomic mass is 9.82. The minimum atomic E-state index is -0.725. The average molecular weight is 452 g/mol. The Hall–Kier alpha value is -3.58. The van der Waals surface area contributed by atoms with Crippen molar-refractivity contribution in [3.05, 3.63) is 108 Å². The zero-order valence-electron chi connectivity index (χ0n) is 17.9. The van der Waals surface area contributed by atoms with Crippen molar-refractivity contribution in [2.75, 3.05) is 5.32 Å². The van der Waals surface area contributed by atoms with Crippen LogP contribution in [0.5, 0.6) is 0 Å². The quantitative estimate of drug-likeness (QED) is 0.615. The first kappa shape index (κ1) is 21.6. The Balaban J connectivity index is 1.86. The van der Waals surface area contributed by atoms with Gasteiger partial charge in [-0.15, -0.1) is 0 Å². The number of anilines is 1. The Labute approximate surface area is 189 Å². The highest BCUT2D eigenvalue weighted by Crippen LogP contribution is 2.40. The summed E-state index contributed by atoms with van der Waals surface area (Å²) in [6.07, 6.45) is 0. The number of carbonyl (C=O) groups excluding carboxylic acids is 1. The molecule has 7 nitrogen and oxygen atoms in total. The third kappa shape index (κ3) is 3.76. The van der Waals surface area contributed by atoms with Gasteiger partial charge in [0.1, 0.15) is 12.4 Å². The maximum Gasteiger partial charge on any atom is 0.337 e. The summed E-state index contributed by atoms with van der Waals surface area (Å²) in [6.45, 7) is 1.83. The predicted molar refractivity (Wildman–Crippen MR) is 123 cm³/mol. The molecule has 0 radical (unpaired) electrons. The van der Waals surface area contributed by atoms with Gasteiger partial charge in [0, 0.05) is 24.8 Å². The van der Waals surface area contributed by atoms with Crippen LogP contribution >= 0.6 is 11.6 Å². The van der Waals surface area contributed by atoms with Gasteiger partial charge in [-0.05, 0) is 30.2 Å². The molecule has 2 heterocycles. The van der Waals surface area contributed by atoms with E-state index in [9.17, 15) is 14.4 Å². The fraction of sp³-hybridized carbons (Fsp3) is 0.208. The van der Waals surface area contributed by atoms with E-state index in [1.807, 2.05) is 30.3 Å². The summed E-state index contributed by atoms with van der Waals surface area (Å²) in [7, 11) is 3.00. The number of esters is 1. The van der Waals surface area contributed by atoms with E-state index in [1.54, 1.807) is 38.2 Å². The third-order valence-electron chi connectivity index (χ3n) is 5.62. The van der Waals surface area contributed by atoms with Crippen molar-refractivity contribution in [2.24, 2.45) is 14.1 Å². The molecule has 1 atom stereocenters. The van der Waals surface area contributed by atoms with Crippen LogP contribution in [0.25, 0.3) is 0 Å². The fourth-order valence-corrected chi connectivity index (χ4v) is 4.07. The first-order chi connectivity index (χ1) is 15.3. The number of aromatic nitrogens is 2. The lowest BCUT2D eigenvalue weighted by Crippen LogP contribution is -2.43. The Morgan fingerprint density at radius 3 is 2.34 bits per heavy atom. The van der Waals surface area contributed by atoms with Crippen molar-refractivity contribution >= 4 is 23.4 Å². The van der Waals surface area contributed by atoms with Crippen molar-refractivity contribution in [3.8, 4) is 0 Å². The van der Waals surface area contributed by atoms with E-state index in [4.69, 9.17) is 16.3 Å². The largest absolute Gasteiger partial charge is 0.457 e. The van der Waals surface area contributed by atoms with Crippen LogP contribution in [-0.2, 0) is 30.2 Å². The van der Waals surface area contributed by atoms with E-state index in [-0.39, 0.29) is 6.61 Å². The number of rotatable bonds is 4. The SMILES string of the molecule is CC1=C(C(=O)OCc2ccccc2)C(c2ccc(Cl)cc2)c2c(n(C)c(=O)n(C)c2=O)N1. The normalized spacial score (nSPS) is 15.2. The van der Waals surface area contributed by atoms with Crippen molar-refractivity contribution in [1.29, 1.82) is 0 Å². The van der Waals surface area contributed by atoms with Gasteiger partial charge in [-0.3, -0.25) is 13.9 Å². The van der Waals surface area contributed by atoms with Gasteiger partial charge in [-0.25, -0.2) is 9.59 Å². The molecule has 0 saturated carbocycles. The molecule has 1 N–H and O–H groups in total. The van der Waals surface area contributed by atoms with Crippen molar-refractivity contribution in [1.82, 2.24) is 9.13 Å². The summed E-state index contributed by atoms with van der Waals surface area (Å²) >= 11 is 6.07. The molecule has 0 spiro atoms. The van der Waals surface area contributed by atoms with Gasteiger partial charge in [0.05, 0.1) is 17.1 Å². The molecule has 1 aliphatic heterocycles. The number of halogens is 1. The van der Waals surface area contributed by atoms with Gasteiger partial charge in [0.25, 0.3) is 5.56 Å². The monoisotopic (exact) mass is 451 g/mol. The Morgan fingerprint density at radius 1 is 1.03 bits per heavy atom. The zero-order chi connectivity index (χ0) is 23.0. The second kappa shape index (κ2) is 8.51. The minimum absolute atomic E-state index is 0.0991. The molecule has 0 saturated heterocycles. The molecular weight excluding hydrogens is 430 g/mol. The zero-order valence-corrected chi connectivity index (χ0v) is 18.6. The number of carbonyl (C=O) groups is 1. The number of nitrogens with one attached hydrogen (secondary N) is 1. The molecule has 0 fully saturated rings. The molecule has 1 aromatic heterocycles. The van der Waals surface area contributed by atoms with E-state index in [0.29, 0.717) is 33.2 Å². The van der Waals surface area contributed by atoms with Crippen molar-refractivity contribution < 1.29 is 9.53 Å². The number of ether oxygens (including phenoxy) is 1. The highest BCUT2D eigenvalue weighted by molar-refractivity contribution is 6.30. The van der Waals surface area contributed by atoms with Gasteiger partial charge >= 0.3 is 11.7 Å². The van der Waals surface area contributed by atoms with E-state index in [0.717, 1.165) is 10.1 Å². The molecule has 0 bridgehead atoms. The second-order valence-electron chi connectivity index (χ2n) is 7.68. The number of fused-ring (bicyclic) bond motifs is 1. The molecule has 1 aliphatic rings. The maximum atomic E-state index is 13.3. The van der Waals surface area contributed by atoms with Crippen LogP contribution in [0.4, 0.5) is 5.82 Å². The summed E-state index contributed by atoms with van der Waals surface area (Å²) in [4.78, 5) is 39.0. The molecule has 1 unspecified atom stereocenters. The lowest BCUT2D eigenvalue weighted by Gasteiger charge is -2.30. The third-order valence-corrected chi connectivity index (χ3v) is 5.87. The van der Waals surface area contributed by atoms with Crippen LogP contribution in [0.1, 0.15) is 29.5 Å². The maximum absolute atomic E-state index is 13.3. The Kier molecular flexibility index (Phi) is 5.76. The van der Waals surface area contributed by atoms with Crippen LogP contribution in [0.3, 0.4) is 0 Å². The first-order valence-electron chi connectivity index (χ1n) is 10.0. The summed E-state index contributed by atoms with van der Waals surface area (Å²) in [6, 6.07) is 16.3. The number of benzene rings is 2. The average Bonchev–Trinajstić information content (AvgIpc) is 2.80. The Bertz CT molecular complexity index is 1340. The van der Waals surface area contributed by atoms with Gasteiger partial charge in [-0.2, -0.15) is 0 Å². The van der Waals surface area contributed by atoms with Crippen LogP contribution in [-0.4, -0.2) is 15.1 Å².